The molecule has 1 rings (SSSR count). The molecule has 0 saturated heterocycles. The van der Waals surface area contributed by atoms with E-state index >= 15 is 0 Å². The molecule has 0 radical (unpaired) electrons. The summed E-state index contributed by atoms with van der Waals surface area (Å²) in [5.41, 5.74) is -0.592. The van der Waals surface area contributed by atoms with Gasteiger partial charge in [0.2, 0.25) is 0 Å². The molecule has 0 aliphatic carbocycles. The molecule has 0 aliphatic rings. The topological polar surface area (TPSA) is 29.1 Å². The maximum absolute atomic E-state index is 13.0. The van der Waals surface area contributed by atoms with Gasteiger partial charge in [0.25, 0.3) is 0 Å². The molecular formula is C9H3Cl2F6NO. The summed E-state index contributed by atoms with van der Waals surface area (Å²) in [6.07, 6.45) is -6.05. The number of hydrogen-bond donors (Lipinski definition) is 1. The zero-order valence-electron chi connectivity index (χ0n) is 8.59. The van der Waals surface area contributed by atoms with E-state index < -0.39 is 39.6 Å². The van der Waals surface area contributed by atoms with Crippen LogP contribution < -0.4 is 5.32 Å². The summed E-state index contributed by atoms with van der Waals surface area (Å²) in [5, 5.41) is -0.0281. The van der Waals surface area contributed by atoms with E-state index in [4.69, 9.17) is 23.2 Å². The molecule has 0 fully saturated rings. The molecular weight excluding hydrogens is 323 g/mol. The largest absolute Gasteiger partial charge is 0.463 e. The van der Waals surface area contributed by atoms with Gasteiger partial charge in [0.05, 0.1) is 10.0 Å². The van der Waals surface area contributed by atoms with Crippen LogP contribution in [-0.2, 0) is 4.79 Å². The Morgan fingerprint density at radius 1 is 1.05 bits per heavy atom. The van der Waals surface area contributed by atoms with E-state index in [2.05, 4.69) is 0 Å². The highest BCUT2D eigenvalue weighted by atomic mass is 35.5. The normalized spacial score (nSPS) is 12.4. The predicted molar refractivity (Wildman–Crippen MR) is 56.1 cm³/mol. The molecule has 1 aromatic carbocycles. The molecule has 1 amide bonds. The number of carbonyl (C=O) groups is 1. The van der Waals surface area contributed by atoms with Gasteiger partial charge in [-0.15, -0.1) is 0 Å². The zero-order chi connectivity index (χ0) is 15.0. The Morgan fingerprint density at radius 3 is 1.84 bits per heavy atom. The smallest absolute Gasteiger partial charge is 0.320 e. The van der Waals surface area contributed by atoms with Gasteiger partial charge in [0.1, 0.15) is 0 Å². The van der Waals surface area contributed by atoms with Crippen LogP contribution in [0.15, 0.2) is 12.1 Å². The van der Waals surface area contributed by atoms with E-state index in [1.165, 1.54) is 5.32 Å². The standard InChI is InChI=1S/C9H3Cl2F6NO/c10-4-1-3(2-5(11)6(4)12)18-7(19)8(13,14)9(15,16)17/h1-2H,(H,18,19). The first-order valence-electron chi connectivity index (χ1n) is 4.37. The number of nitrogens with one attached hydrogen (secondary N) is 1. The second-order valence-electron chi connectivity index (χ2n) is 3.28. The van der Waals surface area contributed by atoms with Crippen LogP contribution in [0.4, 0.5) is 32.0 Å². The van der Waals surface area contributed by atoms with Crippen LogP contribution in [0.1, 0.15) is 0 Å². The highest BCUT2D eigenvalue weighted by Crippen LogP contribution is 2.36. The second kappa shape index (κ2) is 5.09. The van der Waals surface area contributed by atoms with Crippen LogP contribution in [0.5, 0.6) is 0 Å². The van der Waals surface area contributed by atoms with E-state index in [1.54, 1.807) is 0 Å². The van der Waals surface area contributed by atoms with E-state index in [1.807, 2.05) is 0 Å². The lowest BCUT2D eigenvalue weighted by Crippen LogP contribution is -2.47. The van der Waals surface area contributed by atoms with Gasteiger partial charge in [-0.1, -0.05) is 23.2 Å². The number of alkyl halides is 5. The van der Waals surface area contributed by atoms with Crippen molar-refractivity contribution in [3.05, 3.63) is 28.0 Å². The van der Waals surface area contributed by atoms with Gasteiger partial charge in [0.15, 0.2) is 5.82 Å². The third kappa shape index (κ3) is 3.24. The maximum Gasteiger partial charge on any atom is 0.463 e. The summed E-state index contributed by atoms with van der Waals surface area (Å²) < 4.78 is 73.9. The van der Waals surface area contributed by atoms with Crippen molar-refractivity contribution in [2.45, 2.75) is 12.1 Å². The monoisotopic (exact) mass is 325 g/mol. The highest BCUT2D eigenvalue weighted by molar-refractivity contribution is 6.35. The van der Waals surface area contributed by atoms with Crippen molar-refractivity contribution in [2.75, 3.05) is 5.32 Å². The van der Waals surface area contributed by atoms with Crippen molar-refractivity contribution in [3.8, 4) is 0 Å². The van der Waals surface area contributed by atoms with Crippen molar-refractivity contribution in [2.24, 2.45) is 0 Å². The second-order valence-corrected chi connectivity index (χ2v) is 4.09. The van der Waals surface area contributed by atoms with Crippen LogP contribution in [0.25, 0.3) is 0 Å². The van der Waals surface area contributed by atoms with E-state index in [9.17, 15) is 31.1 Å². The Kier molecular flexibility index (Phi) is 4.26. The summed E-state index contributed by atoms with van der Waals surface area (Å²) in [6, 6.07) is 1.29. The van der Waals surface area contributed by atoms with Gasteiger partial charge in [-0.05, 0) is 12.1 Å². The van der Waals surface area contributed by atoms with E-state index in [-0.39, 0.29) is 0 Å². The highest BCUT2D eigenvalue weighted by Gasteiger charge is 2.63. The Morgan fingerprint density at radius 2 is 1.47 bits per heavy atom. The minimum atomic E-state index is -6.05. The van der Waals surface area contributed by atoms with Crippen LogP contribution >= 0.6 is 23.2 Å². The third-order valence-electron chi connectivity index (χ3n) is 1.88. The lowest BCUT2D eigenvalue weighted by molar-refractivity contribution is -0.267. The third-order valence-corrected chi connectivity index (χ3v) is 2.43. The first-order valence-corrected chi connectivity index (χ1v) is 5.13. The van der Waals surface area contributed by atoms with Crippen molar-refractivity contribution in [1.29, 1.82) is 0 Å². The van der Waals surface area contributed by atoms with Gasteiger partial charge in [0, 0.05) is 5.69 Å². The molecule has 0 spiro atoms. The average Bonchev–Trinajstić information content (AvgIpc) is 2.24. The van der Waals surface area contributed by atoms with Gasteiger partial charge in [-0.3, -0.25) is 4.79 Å². The van der Waals surface area contributed by atoms with Gasteiger partial charge in [-0.25, -0.2) is 4.39 Å². The summed E-state index contributed by atoms with van der Waals surface area (Å²) >= 11 is 10.6. The minimum Gasteiger partial charge on any atom is -0.320 e. The molecule has 0 bridgehead atoms. The van der Waals surface area contributed by atoms with Gasteiger partial charge in [-0.2, -0.15) is 22.0 Å². The van der Waals surface area contributed by atoms with Crippen LogP contribution in [0.2, 0.25) is 10.0 Å². The van der Waals surface area contributed by atoms with Crippen molar-refractivity contribution >= 4 is 34.8 Å². The fourth-order valence-corrected chi connectivity index (χ4v) is 1.45. The predicted octanol–water partition coefficient (Wildman–Crippen LogP) is 4.27. The molecule has 19 heavy (non-hydrogen) atoms. The molecule has 0 atom stereocenters. The van der Waals surface area contributed by atoms with Gasteiger partial charge >= 0.3 is 18.0 Å². The molecule has 0 aliphatic heterocycles. The number of anilines is 1. The van der Waals surface area contributed by atoms with Gasteiger partial charge < -0.3 is 5.32 Å². The number of hydrogen-bond acceptors (Lipinski definition) is 1. The molecule has 0 heterocycles. The number of rotatable bonds is 2. The Hall–Kier alpha value is -1.15. The average molecular weight is 326 g/mol. The number of carbonyl (C=O) groups excluding carboxylic acids is 1. The van der Waals surface area contributed by atoms with Crippen LogP contribution in [-0.4, -0.2) is 18.0 Å². The maximum atomic E-state index is 13.0. The first-order chi connectivity index (χ1) is 8.46. The fraction of sp³-hybridized carbons (Fsp3) is 0.222. The van der Waals surface area contributed by atoms with Crippen molar-refractivity contribution in [1.82, 2.24) is 0 Å². The quantitative estimate of drug-likeness (QED) is 0.638. The Bertz CT molecular complexity index is 493. The molecule has 0 unspecified atom stereocenters. The molecule has 0 aromatic heterocycles. The molecule has 2 nitrogen and oxygen atoms in total. The van der Waals surface area contributed by atoms with Crippen molar-refractivity contribution in [3.63, 3.8) is 0 Å². The Labute approximate surface area is 112 Å². The summed E-state index contributed by atoms with van der Waals surface area (Å²) in [7, 11) is 0. The first kappa shape index (κ1) is 15.9. The number of benzene rings is 1. The Balaban J connectivity index is 3.02. The summed E-state index contributed by atoms with van der Waals surface area (Å²) in [5.74, 6) is -9.32. The zero-order valence-corrected chi connectivity index (χ0v) is 10.1. The van der Waals surface area contributed by atoms with Crippen LogP contribution in [0.3, 0.4) is 0 Å². The number of halogens is 8. The van der Waals surface area contributed by atoms with E-state index in [0.29, 0.717) is 12.1 Å². The van der Waals surface area contributed by atoms with Crippen molar-refractivity contribution < 1.29 is 31.1 Å². The lowest BCUT2D eigenvalue weighted by Gasteiger charge is -2.18. The summed E-state index contributed by atoms with van der Waals surface area (Å²) in [4.78, 5) is 10.8. The fourth-order valence-electron chi connectivity index (χ4n) is 0.966. The molecule has 0 saturated carbocycles. The molecule has 1 N–H and O–H groups in total. The number of amides is 1. The summed E-state index contributed by atoms with van der Waals surface area (Å²) in [6.45, 7) is 0. The lowest BCUT2D eigenvalue weighted by atomic mass is 10.2. The van der Waals surface area contributed by atoms with E-state index in [0.717, 1.165) is 0 Å². The molecule has 10 heteroatoms. The van der Waals surface area contributed by atoms with Crippen LogP contribution in [0, 0.1) is 5.82 Å². The molecule has 1 aromatic rings. The SMILES string of the molecule is O=C(Nc1cc(Cl)c(F)c(Cl)c1)C(F)(F)C(F)(F)F. The minimum absolute atomic E-state index is 0.592. The molecule has 106 valence electrons.